The minimum Gasteiger partial charge on any atom is -0.465 e. The quantitative estimate of drug-likeness (QED) is 0.693. The van der Waals surface area contributed by atoms with Gasteiger partial charge in [0.25, 0.3) is 0 Å². The van der Waals surface area contributed by atoms with Crippen molar-refractivity contribution in [2.45, 2.75) is 20.8 Å². The highest BCUT2D eigenvalue weighted by atomic mass is 16.5. The number of carbonyl (C=O) groups excluding carboxylic acids is 1. The number of esters is 1. The second-order valence-electron chi connectivity index (χ2n) is 3.50. The second kappa shape index (κ2) is 6.04. The van der Waals surface area contributed by atoms with E-state index in [0.29, 0.717) is 5.56 Å². The van der Waals surface area contributed by atoms with Crippen molar-refractivity contribution in [1.29, 1.82) is 0 Å². The molecule has 0 fully saturated rings. The first-order valence-corrected chi connectivity index (χ1v) is 5.80. The Kier molecular flexibility index (Phi) is 4.70. The summed E-state index contributed by atoms with van der Waals surface area (Å²) >= 11 is 0. The van der Waals surface area contributed by atoms with Crippen LogP contribution in [-0.2, 0) is 4.74 Å². The maximum atomic E-state index is 11.3. The molecule has 0 atom stereocenters. The van der Waals surface area contributed by atoms with E-state index in [0.717, 1.165) is 5.39 Å². The summed E-state index contributed by atoms with van der Waals surface area (Å²) in [7, 11) is 1.39. The SMILES string of the molecule is CC.COC(=O)c1ccc2c(C)cccc2c1. The number of benzene rings is 2. The molecular formula is C15H18O2. The van der Waals surface area contributed by atoms with Crippen molar-refractivity contribution in [3.63, 3.8) is 0 Å². The topological polar surface area (TPSA) is 26.3 Å². The molecule has 0 radical (unpaired) electrons. The fourth-order valence-corrected chi connectivity index (χ4v) is 1.69. The predicted octanol–water partition coefficient (Wildman–Crippen LogP) is 3.96. The Morgan fingerprint density at radius 1 is 1.12 bits per heavy atom. The number of fused-ring (bicyclic) bond motifs is 1. The highest BCUT2D eigenvalue weighted by Crippen LogP contribution is 2.19. The summed E-state index contributed by atoms with van der Waals surface area (Å²) in [5, 5.41) is 2.24. The Morgan fingerprint density at radius 2 is 1.82 bits per heavy atom. The lowest BCUT2D eigenvalue weighted by Crippen LogP contribution is -2.00. The molecule has 0 aromatic heterocycles. The molecule has 90 valence electrons. The summed E-state index contributed by atoms with van der Waals surface area (Å²) in [4.78, 5) is 11.3. The normalized spacial score (nSPS) is 9.41. The van der Waals surface area contributed by atoms with Gasteiger partial charge in [0.1, 0.15) is 0 Å². The molecular weight excluding hydrogens is 212 g/mol. The van der Waals surface area contributed by atoms with Crippen molar-refractivity contribution in [3.05, 3.63) is 47.5 Å². The van der Waals surface area contributed by atoms with Crippen LogP contribution in [0.2, 0.25) is 0 Å². The van der Waals surface area contributed by atoms with Crippen LogP contribution in [0.25, 0.3) is 10.8 Å². The Hall–Kier alpha value is -1.83. The van der Waals surface area contributed by atoms with Crippen LogP contribution in [0.3, 0.4) is 0 Å². The molecule has 2 rings (SSSR count). The molecule has 0 saturated heterocycles. The fourth-order valence-electron chi connectivity index (χ4n) is 1.69. The maximum Gasteiger partial charge on any atom is 0.337 e. The zero-order chi connectivity index (χ0) is 12.8. The minimum absolute atomic E-state index is 0.293. The van der Waals surface area contributed by atoms with E-state index < -0.39 is 0 Å². The van der Waals surface area contributed by atoms with Crippen LogP contribution < -0.4 is 0 Å². The lowest BCUT2D eigenvalue weighted by atomic mass is 10.0. The molecule has 0 N–H and O–H groups in total. The highest BCUT2D eigenvalue weighted by Gasteiger charge is 2.05. The van der Waals surface area contributed by atoms with E-state index in [4.69, 9.17) is 0 Å². The number of hydrogen-bond donors (Lipinski definition) is 0. The third-order valence-corrected chi connectivity index (χ3v) is 2.52. The van der Waals surface area contributed by atoms with E-state index in [-0.39, 0.29) is 5.97 Å². The van der Waals surface area contributed by atoms with Gasteiger partial charge in [0.2, 0.25) is 0 Å². The number of carbonyl (C=O) groups is 1. The van der Waals surface area contributed by atoms with Gasteiger partial charge in [-0.2, -0.15) is 0 Å². The average molecular weight is 230 g/mol. The molecule has 0 saturated carbocycles. The van der Waals surface area contributed by atoms with Gasteiger partial charge in [-0.15, -0.1) is 0 Å². The van der Waals surface area contributed by atoms with E-state index in [1.54, 1.807) is 6.07 Å². The largest absolute Gasteiger partial charge is 0.465 e. The standard InChI is InChI=1S/C13H12O2.C2H6/c1-9-4-3-5-10-8-11(13(14)15-2)6-7-12(9)10;1-2/h3-8H,1-2H3;1-2H3. The van der Waals surface area contributed by atoms with Crippen molar-refractivity contribution in [3.8, 4) is 0 Å². The van der Waals surface area contributed by atoms with E-state index >= 15 is 0 Å². The molecule has 0 aliphatic rings. The van der Waals surface area contributed by atoms with Crippen molar-refractivity contribution in [2.24, 2.45) is 0 Å². The number of hydrogen-bond acceptors (Lipinski definition) is 2. The molecule has 2 aromatic carbocycles. The van der Waals surface area contributed by atoms with Gasteiger partial charge in [0, 0.05) is 0 Å². The van der Waals surface area contributed by atoms with Gasteiger partial charge < -0.3 is 4.74 Å². The third-order valence-electron chi connectivity index (χ3n) is 2.52. The van der Waals surface area contributed by atoms with Gasteiger partial charge in [-0.3, -0.25) is 0 Å². The Labute approximate surface area is 102 Å². The van der Waals surface area contributed by atoms with Gasteiger partial charge in [-0.1, -0.05) is 38.1 Å². The van der Waals surface area contributed by atoms with Gasteiger partial charge in [0.05, 0.1) is 12.7 Å². The van der Waals surface area contributed by atoms with Crippen molar-refractivity contribution >= 4 is 16.7 Å². The fraction of sp³-hybridized carbons (Fsp3) is 0.267. The molecule has 0 aliphatic carbocycles. The van der Waals surface area contributed by atoms with Gasteiger partial charge in [-0.05, 0) is 35.4 Å². The van der Waals surface area contributed by atoms with Crippen LogP contribution in [0, 0.1) is 6.92 Å². The molecule has 0 unspecified atom stereocenters. The van der Waals surface area contributed by atoms with Crippen molar-refractivity contribution < 1.29 is 9.53 Å². The number of methoxy groups -OCH3 is 1. The zero-order valence-corrected chi connectivity index (χ0v) is 10.8. The molecule has 2 heteroatoms. The lowest BCUT2D eigenvalue weighted by Gasteiger charge is -2.04. The Balaban J connectivity index is 0.000000686. The summed E-state index contributed by atoms with van der Waals surface area (Å²) in [6, 6.07) is 11.6. The first-order valence-electron chi connectivity index (χ1n) is 5.80. The molecule has 2 aromatic rings. The number of ether oxygens (including phenoxy) is 1. The summed E-state index contributed by atoms with van der Waals surface area (Å²) in [6.07, 6.45) is 0. The average Bonchev–Trinajstić information content (AvgIpc) is 2.40. The van der Waals surface area contributed by atoms with Crippen LogP contribution in [0.1, 0.15) is 29.8 Å². The van der Waals surface area contributed by atoms with Gasteiger partial charge >= 0.3 is 5.97 Å². The molecule has 0 spiro atoms. The van der Waals surface area contributed by atoms with Crippen molar-refractivity contribution in [2.75, 3.05) is 7.11 Å². The van der Waals surface area contributed by atoms with Crippen LogP contribution >= 0.6 is 0 Å². The van der Waals surface area contributed by atoms with Crippen LogP contribution in [0.15, 0.2) is 36.4 Å². The smallest absolute Gasteiger partial charge is 0.337 e. The Morgan fingerprint density at radius 3 is 2.47 bits per heavy atom. The van der Waals surface area contributed by atoms with E-state index in [1.807, 2.05) is 38.1 Å². The summed E-state index contributed by atoms with van der Waals surface area (Å²) in [5.74, 6) is -0.293. The van der Waals surface area contributed by atoms with Gasteiger partial charge in [-0.25, -0.2) is 4.79 Å². The number of rotatable bonds is 1. The van der Waals surface area contributed by atoms with Gasteiger partial charge in [0.15, 0.2) is 0 Å². The van der Waals surface area contributed by atoms with E-state index in [2.05, 4.69) is 17.7 Å². The highest BCUT2D eigenvalue weighted by molar-refractivity contribution is 5.96. The number of aryl methyl sites for hydroxylation is 1. The minimum atomic E-state index is -0.293. The first-order chi connectivity index (χ1) is 8.22. The van der Waals surface area contributed by atoms with E-state index in [9.17, 15) is 4.79 Å². The summed E-state index contributed by atoms with van der Waals surface area (Å²) in [5.41, 5.74) is 1.81. The molecule has 17 heavy (non-hydrogen) atoms. The van der Waals surface area contributed by atoms with Crippen LogP contribution in [0.4, 0.5) is 0 Å². The Bertz CT molecular complexity index is 515. The van der Waals surface area contributed by atoms with E-state index in [1.165, 1.54) is 18.1 Å². The maximum absolute atomic E-state index is 11.3. The third kappa shape index (κ3) is 2.84. The lowest BCUT2D eigenvalue weighted by molar-refractivity contribution is 0.0601. The molecule has 0 aliphatic heterocycles. The second-order valence-corrected chi connectivity index (χ2v) is 3.50. The molecule has 0 bridgehead atoms. The molecule has 2 nitrogen and oxygen atoms in total. The van der Waals surface area contributed by atoms with Crippen LogP contribution in [-0.4, -0.2) is 13.1 Å². The molecule has 0 heterocycles. The zero-order valence-electron chi connectivity index (χ0n) is 10.8. The van der Waals surface area contributed by atoms with Crippen LogP contribution in [0.5, 0.6) is 0 Å². The summed E-state index contributed by atoms with van der Waals surface area (Å²) < 4.78 is 4.68. The summed E-state index contributed by atoms with van der Waals surface area (Å²) in [6.45, 7) is 6.06. The molecule has 0 amide bonds. The first kappa shape index (κ1) is 13.2. The monoisotopic (exact) mass is 230 g/mol. The predicted molar refractivity (Wildman–Crippen MR) is 71.4 cm³/mol. The van der Waals surface area contributed by atoms with Crippen molar-refractivity contribution in [1.82, 2.24) is 0 Å².